The predicted octanol–water partition coefficient (Wildman–Crippen LogP) is 2.00. The summed E-state index contributed by atoms with van der Waals surface area (Å²) in [6.07, 6.45) is -0.774. The quantitative estimate of drug-likeness (QED) is 0.868. The maximum Gasteiger partial charge on any atom is 0.266 e. The van der Waals surface area contributed by atoms with Crippen LogP contribution in [-0.4, -0.2) is 23.5 Å². The molecule has 0 aromatic heterocycles. The number of carbonyl (C=O) groups is 2. The number of hydrogen-bond acceptors (Lipinski definition) is 3. The van der Waals surface area contributed by atoms with Crippen LogP contribution >= 0.6 is 0 Å². The molecule has 2 amide bonds. The van der Waals surface area contributed by atoms with Crippen LogP contribution in [0.3, 0.4) is 0 Å². The molecule has 1 aromatic rings. The zero-order valence-electron chi connectivity index (χ0n) is 12.2. The minimum absolute atomic E-state index is 0.0103. The third kappa shape index (κ3) is 3.50. The van der Waals surface area contributed by atoms with Gasteiger partial charge in [-0.3, -0.25) is 9.59 Å². The fraction of sp³-hybridized carbons (Fsp3) is 0.467. The Morgan fingerprint density at radius 3 is 2.75 bits per heavy atom. The lowest BCUT2D eigenvalue weighted by atomic mass is 10.1. The summed E-state index contributed by atoms with van der Waals surface area (Å²) in [6.45, 7) is 7.62. The van der Waals surface area contributed by atoms with E-state index in [2.05, 4.69) is 10.6 Å². The second kappa shape index (κ2) is 5.15. The SMILES string of the molecule is Cc1ccc2c(c1)NC(=O)C(CC(=O)NC(C)(C)C)O2. The molecule has 5 heteroatoms. The Labute approximate surface area is 118 Å². The van der Waals surface area contributed by atoms with Crippen LogP contribution in [0.1, 0.15) is 32.8 Å². The number of ether oxygens (including phenoxy) is 1. The predicted molar refractivity (Wildman–Crippen MR) is 76.7 cm³/mol. The van der Waals surface area contributed by atoms with Gasteiger partial charge in [0.25, 0.3) is 5.91 Å². The van der Waals surface area contributed by atoms with Crippen molar-refractivity contribution in [3.05, 3.63) is 23.8 Å². The first kappa shape index (κ1) is 14.4. The highest BCUT2D eigenvalue weighted by Crippen LogP contribution is 2.31. The van der Waals surface area contributed by atoms with Crippen molar-refractivity contribution in [1.82, 2.24) is 5.32 Å². The standard InChI is InChI=1S/C15H20N2O3/c1-9-5-6-11-10(7-9)16-14(19)12(20-11)8-13(18)17-15(2,3)4/h5-7,12H,8H2,1-4H3,(H,16,19)(H,17,18). The van der Waals surface area contributed by atoms with Crippen LogP contribution in [0.2, 0.25) is 0 Å². The lowest BCUT2D eigenvalue weighted by Crippen LogP contribution is -2.45. The molecule has 2 rings (SSSR count). The lowest BCUT2D eigenvalue weighted by molar-refractivity contribution is -0.131. The van der Waals surface area contributed by atoms with Gasteiger partial charge in [0.05, 0.1) is 12.1 Å². The van der Waals surface area contributed by atoms with Crippen molar-refractivity contribution in [1.29, 1.82) is 0 Å². The van der Waals surface area contributed by atoms with Crippen LogP contribution in [0.15, 0.2) is 18.2 Å². The Balaban J connectivity index is 2.06. The number of nitrogens with one attached hydrogen (secondary N) is 2. The van der Waals surface area contributed by atoms with Gasteiger partial charge in [-0.05, 0) is 45.4 Å². The Bertz CT molecular complexity index is 547. The molecule has 1 unspecified atom stereocenters. The summed E-state index contributed by atoms with van der Waals surface area (Å²) in [5.41, 5.74) is 1.37. The van der Waals surface area contributed by atoms with Crippen molar-refractivity contribution >= 4 is 17.5 Å². The molecule has 0 bridgehead atoms. The molecular formula is C15H20N2O3. The molecule has 0 spiro atoms. The van der Waals surface area contributed by atoms with E-state index in [9.17, 15) is 9.59 Å². The summed E-state index contributed by atoms with van der Waals surface area (Å²) < 4.78 is 5.61. The summed E-state index contributed by atoms with van der Waals surface area (Å²) in [6, 6.07) is 5.56. The molecule has 1 heterocycles. The minimum Gasteiger partial charge on any atom is -0.478 e. The van der Waals surface area contributed by atoms with E-state index < -0.39 is 6.10 Å². The van der Waals surface area contributed by atoms with E-state index in [-0.39, 0.29) is 23.8 Å². The van der Waals surface area contributed by atoms with Gasteiger partial charge in [0, 0.05) is 5.54 Å². The Hall–Kier alpha value is -2.04. The summed E-state index contributed by atoms with van der Waals surface area (Å²) in [4.78, 5) is 23.8. The molecule has 2 N–H and O–H groups in total. The summed E-state index contributed by atoms with van der Waals surface area (Å²) in [5.74, 6) is 0.115. The molecule has 5 nitrogen and oxygen atoms in total. The highest BCUT2D eigenvalue weighted by atomic mass is 16.5. The van der Waals surface area contributed by atoms with Gasteiger partial charge < -0.3 is 15.4 Å². The van der Waals surface area contributed by atoms with Gasteiger partial charge in [-0.25, -0.2) is 0 Å². The minimum atomic E-state index is -0.785. The van der Waals surface area contributed by atoms with Gasteiger partial charge in [0.2, 0.25) is 5.91 Å². The molecular weight excluding hydrogens is 256 g/mol. The number of aryl methyl sites for hydroxylation is 1. The zero-order chi connectivity index (χ0) is 14.9. The van der Waals surface area contributed by atoms with E-state index in [0.717, 1.165) is 5.56 Å². The third-order valence-corrected chi connectivity index (χ3v) is 2.84. The van der Waals surface area contributed by atoms with Crippen LogP contribution in [0.4, 0.5) is 5.69 Å². The van der Waals surface area contributed by atoms with Crippen molar-refractivity contribution < 1.29 is 14.3 Å². The lowest BCUT2D eigenvalue weighted by Gasteiger charge is -2.27. The van der Waals surface area contributed by atoms with Crippen LogP contribution < -0.4 is 15.4 Å². The van der Waals surface area contributed by atoms with E-state index in [1.165, 1.54) is 0 Å². The van der Waals surface area contributed by atoms with Gasteiger partial charge in [-0.15, -0.1) is 0 Å². The second-order valence-electron chi connectivity index (χ2n) is 6.10. The second-order valence-corrected chi connectivity index (χ2v) is 6.10. The third-order valence-electron chi connectivity index (χ3n) is 2.84. The number of anilines is 1. The average Bonchev–Trinajstić information content (AvgIpc) is 2.28. The Morgan fingerprint density at radius 1 is 1.40 bits per heavy atom. The average molecular weight is 276 g/mol. The van der Waals surface area contributed by atoms with Crippen molar-refractivity contribution in [3.63, 3.8) is 0 Å². The highest BCUT2D eigenvalue weighted by Gasteiger charge is 2.30. The number of carbonyl (C=O) groups excluding carboxylic acids is 2. The van der Waals surface area contributed by atoms with Gasteiger partial charge in [0.1, 0.15) is 5.75 Å². The maximum atomic E-state index is 12.0. The molecule has 1 aliphatic heterocycles. The molecule has 1 atom stereocenters. The molecule has 0 radical (unpaired) electrons. The number of fused-ring (bicyclic) bond motifs is 1. The van der Waals surface area contributed by atoms with Crippen molar-refractivity contribution in [3.8, 4) is 5.75 Å². The van der Waals surface area contributed by atoms with Gasteiger partial charge in [0.15, 0.2) is 6.10 Å². The molecule has 0 saturated carbocycles. The largest absolute Gasteiger partial charge is 0.478 e. The van der Waals surface area contributed by atoms with Gasteiger partial charge >= 0.3 is 0 Å². The Kier molecular flexibility index (Phi) is 3.70. The van der Waals surface area contributed by atoms with Gasteiger partial charge in [-0.2, -0.15) is 0 Å². The normalized spacial score (nSPS) is 17.8. The van der Waals surface area contributed by atoms with Crippen LogP contribution in [0.25, 0.3) is 0 Å². The number of amides is 2. The molecule has 108 valence electrons. The van der Waals surface area contributed by atoms with E-state index in [4.69, 9.17) is 4.74 Å². The number of hydrogen-bond donors (Lipinski definition) is 2. The first-order valence-corrected chi connectivity index (χ1v) is 6.64. The van der Waals surface area contributed by atoms with Crippen molar-refractivity contribution in [2.45, 2.75) is 45.8 Å². The van der Waals surface area contributed by atoms with Crippen LogP contribution in [-0.2, 0) is 9.59 Å². The summed E-state index contributed by atoms with van der Waals surface area (Å²) in [5, 5.41) is 5.60. The monoisotopic (exact) mass is 276 g/mol. The molecule has 1 aromatic carbocycles. The van der Waals surface area contributed by atoms with Crippen molar-refractivity contribution in [2.24, 2.45) is 0 Å². The summed E-state index contributed by atoms with van der Waals surface area (Å²) >= 11 is 0. The van der Waals surface area contributed by atoms with E-state index in [1.54, 1.807) is 6.07 Å². The number of benzene rings is 1. The number of rotatable bonds is 2. The fourth-order valence-corrected chi connectivity index (χ4v) is 2.04. The van der Waals surface area contributed by atoms with Crippen molar-refractivity contribution in [2.75, 3.05) is 5.32 Å². The first-order valence-electron chi connectivity index (χ1n) is 6.64. The topological polar surface area (TPSA) is 67.4 Å². The zero-order valence-corrected chi connectivity index (χ0v) is 12.2. The van der Waals surface area contributed by atoms with E-state index >= 15 is 0 Å². The molecule has 20 heavy (non-hydrogen) atoms. The summed E-state index contributed by atoms with van der Waals surface area (Å²) in [7, 11) is 0. The molecule has 1 aliphatic rings. The fourth-order valence-electron chi connectivity index (χ4n) is 2.04. The maximum absolute atomic E-state index is 12.0. The van der Waals surface area contributed by atoms with Crippen LogP contribution in [0.5, 0.6) is 5.75 Å². The van der Waals surface area contributed by atoms with E-state index in [1.807, 2.05) is 39.8 Å². The first-order chi connectivity index (χ1) is 9.24. The molecule has 0 fully saturated rings. The van der Waals surface area contributed by atoms with Crippen LogP contribution in [0, 0.1) is 6.92 Å². The smallest absolute Gasteiger partial charge is 0.266 e. The Morgan fingerprint density at radius 2 is 2.10 bits per heavy atom. The van der Waals surface area contributed by atoms with E-state index in [0.29, 0.717) is 11.4 Å². The highest BCUT2D eigenvalue weighted by molar-refractivity contribution is 6.00. The van der Waals surface area contributed by atoms with Gasteiger partial charge in [-0.1, -0.05) is 6.07 Å². The molecule has 0 saturated heterocycles. The molecule has 0 aliphatic carbocycles.